The lowest BCUT2D eigenvalue weighted by Crippen LogP contribution is -2.20. The normalized spacial score (nSPS) is 13.9. The van der Waals surface area contributed by atoms with E-state index < -0.39 is 13.7 Å². The highest BCUT2D eigenvalue weighted by Crippen LogP contribution is 2.46. The molecule has 0 aromatic carbocycles. The van der Waals surface area contributed by atoms with Crippen molar-refractivity contribution in [3.63, 3.8) is 0 Å². The van der Waals surface area contributed by atoms with Crippen LogP contribution >= 0.6 is 7.60 Å². The third kappa shape index (κ3) is 5.52. The van der Waals surface area contributed by atoms with Crippen LogP contribution in [0.25, 0.3) is 0 Å². The van der Waals surface area contributed by atoms with E-state index in [0.29, 0.717) is 6.61 Å². The molecule has 5 nitrogen and oxygen atoms in total. The van der Waals surface area contributed by atoms with Crippen LogP contribution in [0, 0.1) is 0 Å². The molecular formula is C8H17O5P. The number of hydrogen-bond donors (Lipinski definition) is 1. The summed E-state index contributed by atoms with van der Waals surface area (Å²) in [6.07, 6.45) is 0.636. The van der Waals surface area contributed by atoms with Crippen molar-refractivity contribution >= 4 is 7.60 Å². The van der Waals surface area contributed by atoms with Gasteiger partial charge in [0, 0.05) is 14.2 Å². The second-order valence-corrected chi connectivity index (χ2v) is 4.96. The van der Waals surface area contributed by atoms with E-state index in [1.807, 2.05) is 0 Å². The van der Waals surface area contributed by atoms with Gasteiger partial charge in [-0.05, 0) is 0 Å². The Labute approximate surface area is 84.2 Å². The molecule has 0 spiro atoms. The number of aliphatic hydroxyl groups is 1. The van der Waals surface area contributed by atoms with Gasteiger partial charge >= 0.3 is 7.60 Å². The Hall–Kier alpha value is -0.190. The first-order valence-electron chi connectivity index (χ1n) is 4.15. The largest absolute Gasteiger partial charge is 0.390 e. The quantitative estimate of drug-likeness (QED) is 0.379. The zero-order chi connectivity index (χ0) is 11.0. The van der Waals surface area contributed by atoms with Crippen LogP contribution in [0.5, 0.6) is 0 Å². The van der Waals surface area contributed by atoms with Gasteiger partial charge in [-0.25, -0.2) is 0 Å². The minimum absolute atomic E-state index is 0.0723. The van der Waals surface area contributed by atoms with E-state index in [1.165, 1.54) is 14.2 Å². The smallest absolute Gasteiger partial charge is 0.332 e. The van der Waals surface area contributed by atoms with Crippen molar-refractivity contribution in [2.24, 2.45) is 0 Å². The van der Waals surface area contributed by atoms with Gasteiger partial charge in [0.05, 0.1) is 25.5 Å². The highest BCUT2D eigenvalue weighted by molar-refractivity contribution is 7.53. The van der Waals surface area contributed by atoms with Gasteiger partial charge in [-0.2, -0.15) is 0 Å². The van der Waals surface area contributed by atoms with Crippen molar-refractivity contribution in [1.29, 1.82) is 0 Å². The molecule has 6 heteroatoms. The maximum atomic E-state index is 11.5. The molecule has 0 bridgehead atoms. The molecule has 0 amide bonds. The summed E-state index contributed by atoms with van der Waals surface area (Å²) in [5.74, 6) is 0. The van der Waals surface area contributed by atoms with E-state index >= 15 is 0 Å². The van der Waals surface area contributed by atoms with Crippen LogP contribution in [0.1, 0.15) is 0 Å². The third-order valence-electron chi connectivity index (χ3n) is 1.54. The Kier molecular flexibility index (Phi) is 7.05. The minimum atomic E-state index is -3.14. The Morgan fingerprint density at radius 1 is 1.50 bits per heavy atom. The van der Waals surface area contributed by atoms with Crippen LogP contribution in [-0.2, 0) is 18.3 Å². The topological polar surface area (TPSA) is 65.0 Å². The molecule has 0 fully saturated rings. The number of hydrogen-bond acceptors (Lipinski definition) is 5. The predicted molar refractivity (Wildman–Crippen MR) is 53.5 cm³/mol. The minimum Gasteiger partial charge on any atom is -0.390 e. The summed E-state index contributed by atoms with van der Waals surface area (Å²) in [4.78, 5) is 0. The lowest BCUT2D eigenvalue weighted by molar-refractivity contribution is 0.0579. The van der Waals surface area contributed by atoms with Crippen LogP contribution in [0.2, 0.25) is 0 Å². The fourth-order valence-electron chi connectivity index (χ4n) is 0.822. The average Bonchev–Trinajstić information content (AvgIpc) is 2.18. The summed E-state index contributed by atoms with van der Waals surface area (Å²) in [5.41, 5.74) is 0. The molecule has 14 heavy (non-hydrogen) atoms. The van der Waals surface area contributed by atoms with Crippen molar-refractivity contribution in [1.82, 2.24) is 0 Å². The van der Waals surface area contributed by atoms with Crippen molar-refractivity contribution in [3.8, 4) is 0 Å². The van der Waals surface area contributed by atoms with Crippen LogP contribution in [0.4, 0.5) is 0 Å². The summed E-state index contributed by atoms with van der Waals surface area (Å²) >= 11 is 0. The fraction of sp³-hybridized carbons (Fsp3) is 0.750. The molecule has 1 N–H and O–H groups in total. The first-order valence-corrected chi connectivity index (χ1v) is 5.88. The zero-order valence-electron chi connectivity index (χ0n) is 8.51. The molecule has 0 radical (unpaired) electrons. The summed E-state index contributed by atoms with van der Waals surface area (Å²) in [5, 5.41) is 9.38. The van der Waals surface area contributed by atoms with Gasteiger partial charge in [0.1, 0.15) is 0 Å². The molecule has 0 saturated carbocycles. The van der Waals surface area contributed by atoms with E-state index in [-0.39, 0.29) is 12.8 Å². The number of aliphatic hydroxyl groups excluding tert-OH is 1. The molecule has 1 unspecified atom stereocenters. The highest BCUT2D eigenvalue weighted by Gasteiger charge is 2.25. The maximum absolute atomic E-state index is 11.5. The average molecular weight is 224 g/mol. The van der Waals surface area contributed by atoms with Gasteiger partial charge in [-0.3, -0.25) is 4.57 Å². The molecule has 0 aliphatic heterocycles. The first-order chi connectivity index (χ1) is 6.58. The van der Waals surface area contributed by atoms with Gasteiger partial charge in [0.25, 0.3) is 0 Å². The Balaban J connectivity index is 3.85. The van der Waals surface area contributed by atoms with E-state index in [1.54, 1.807) is 6.08 Å². The molecule has 1 atom stereocenters. The third-order valence-corrected chi connectivity index (χ3v) is 3.52. The SMILES string of the molecule is C=CCOCC(O)CP(=O)(OC)OC. The van der Waals surface area contributed by atoms with Crippen molar-refractivity contribution in [3.05, 3.63) is 12.7 Å². The summed E-state index contributed by atoms with van der Waals surface area (Å²) in [6.45, 7) is 3.89. The van der Waals surface area contributed by atoms with Crippen molar-refractivity contribution in [2.45, 2.75) is 6.10 Å². The van der Waals surface area contributed by atoms with Gasteiger partial charge in [-0.1, -0.05) is 6.08 Å². The van der Waals surface area contributed by atoms with Crippen LogP contribution in [0.15, 0.2) is 12.7 Å². The molecular weight excluding hydrogens is 207 g/mol. The molecule has 0 aliphatic rings. The van der Waals surface area contributed by atoms with Crippen LogP contribution in [0.3, 0.4) is 0 Å². The second-order valence-electron chi connectivity index (χ2n) is 2.64. The van der Waals surface area contributed by atoms with E-state index in [0.717, 1.165) is 0 Å². The molecule has 0 aliphatic carbocycles. The monoisotopic (exact) mass is 224 g/mol. The summed E-state index contributed by atoms with van der Waals surface area (Å²) in [6, 6.07) is 0. The first kappa shape index (κ1) is 13.8. The van der Waals surface area contributed by atoms with Crippen molar-refractivity contribution in [2.75, 3.05) is 33.6 Å². The van der Waals surface area contributed by atoms with Crippen LogP contribution in [-0.4, -0.2) is 44.8 Å². The molecule has 0 aromatic heterocycles. The standard InChI is InChI=1S/C8H17O5P/c1-4-5-13-6-8(9)7-14(10,11-2)12-3/h4,8-9H,1,5-7H2,2-3H3. The lowest BCUT2D eigenvalue weighted by Gasteiger charge is -2.17. The lowest BCUT2D eigenvalue weighted by atomic mass is 10.4. The fourth-order valence-corrected chi connectivity index (χ4v) is 1.89. The van der Waals surface area contributed by atoms with Gasteiger partial charge in [0.2, 0.25) is 0 Å². The van der Waals surface area contributed by atoms with Crippen molar-refractivity contribution < 1.29 is 23.5 Å². The molecule has 0 rings (SSSR count). The van der Waals surface area contributed by atoms with Crippen LogP contribution < -0.4 is 0 Å². The Morgan fingerprint density at radius 3 is 2.50 bits per heavy atom. The van der Waals surface area contributed by atoms with E-state index in [2.05, 4.69) is 15.6 Å². The van der Waals surface area contributed by atoms with Gasteiger partial charge in [-0.15, -0.1) is 6.58 Å². The Morgan fingerprint density at radius 2 is 2.07 bits per heavy atom. The number of rotatable bonds is 8. The Bertz CT molecular complexity index is 198. The molecule has 0 saturated heterocycles. The predicted octanol–water partition coefficient (Wildman–Crippen LogP) is 1.04. The molecule has 0 heterocycles. The summed E-state index contributed by atoms with van der Waals surface area (Å²) < 4.78 is 25.8. The summed E-state index contributed by atoms with van der Waals surface area (Å²) in [7, 11) is -0.583. The van der Waals surface area contributed by atoms with Gasteiger partial charge < -0.3 is 18.9 Å². The maximum Gasteiger partial charge on any atom is 0.332 e. The van der Waals surface area contributed by atoms with E-state index in [4.69, 9.17) is 4.74 Å². The highest BCUT2D eigenvalue weighted by atomic mass is 31.2. The number of ether oxygens (including phenoxy) is 1. The molecule has 84 valence electrons. The molecule has 0 aromatic rings. The van der Waals surface area contributed by atoms with E-state index in [9.17, 15) is 9.67 Å². The second kappa shape index (κ2) is 7.15. The van der Waals surface area contributed by atoms with Gasteiger partial charge in [0.15, 0.2) is 0 Å². The zero-order valence-corrected chi connectivity index (χ0v) is 9.40.